The van der Waals surface area contributed by atoms with E-state index in [0.717, 1.165) is 28.8 Å². The second-order valence-corrected chi connectivity index (χ2v) is 10.5. The molecular weight excluding hydrogens is 524 g/mol. The molecule has 196 valence electrons. The third-order valence-corrected chi connectivity index (χ3v) is 7.44. The van der Waals surface area contributed by atoms with Crippen LogP contribution in [0.25, 0.3) is 11.4 Å². The first-order valence-corrected chi connectivity index (χ1v) is 13.6. The van der Waals surface area contributed by atoms with Gasteiger partial charge in [0.15, 0.2) is 0 Å². The maximum Gasteiger partial charge on any atom is 0.251 e. The van der Waals surface area contributed by atoms with Gasteiger partial charge in [-0.05, 0) is 72.8 Å². The lowest BCUT2D eigenvalue weighted by atomic mass is 10.1. The number of thiophene rings is 1. The fraction of sp³-hybridized carbons (Fsp3) is 0.296. The van der Waals surface area contributed by atoms with Crippen LogP contribution in [0.2, 0.25) is 5.02 Å². The van der Waals surface area contributed by atoms with Crippen molar-refractivity contribution in [3.63, 3.8) is 0 Å². The number of ether oxygens (including phenoxy) is 1. The van der Waals surface area contributed by atoms with E-state index in [1.807, 2.05) is 48.7 Å². The minimum atomic E-state index is -0.870. The van der Waals surface area contributed by atoms with Crippen molar-refractivity contribution in [2.24, 2.45) is 0 Å². The molecule has 1 saturated heterocycles. The number of benzene rings is 2. The number of amides is 2. The maximum atomic E-state index is 13.9. The second-order valence-electron chi connectivity index (χ2n) is 9.05. The lowest BCUT2D eigenvalue weighted by Crippen LogP contribution is -2.46. The van der Waals surface area contributed by atoms with Crippen molar-refractivity contribution in [1.82, 2.24) is 25.5 Å². The molecule has 0 aliphatic carbocycles. The quantitative estimate of drug-likeness (QED) is 0.331. The summed E-state index contributed by atoms with van der Waals surface area (Å²) in [6.07, 6.45) is 1.86. The van der Waals surface area contributed by atoms with Crippen molar-refractivity contribution < 1.29 is 14.3 Å². The Bertz CT molecular complexity index is 1370. The van der Waals surface area contributed by atoms with Crippen LogP contribution in [-0.2, 0) is 20.9 Å². The lowest BCUT2D eigenvalue weighted by Gasteiger charge is -2.31. The molecule has 0 unspecified atom stereocenters. The zero-order chi connectivity index (χ0) is 26.5. The number of nitrogens with zero attached hydrogens (tertiary/aromatic N) is 5. The Morgan fingerprint density at radius 1 is 1.18 bits per heavy atom. The minimum absolute atomic E-state index is 0.0166. The predicted octanol–water partition coefficient (Wildman–Crippen LogP) is 4.43. The molecule has 9 nitrogen and oxygen atoms in total. The van der Waals surface area contributed by atoms with Crippen molar-refractivity contribution in [3.8, 4) is 11.4 Å². The standard InChI is InChI=1S/C27H27ClN6O3S/c1-18-6-12-21(13-7-18)34(24(35)17-33-31-26(30-32-33)19-8-10-20(28)11-9-19)25(23-5-3-15-38-23)27(36)29-16-22-4-2-14-37-22/h3,5-13,15,22,25H,2,4,14,16-17H2,1H3,(H,29,36)/t22-,25+/m1/s1. The van der Waals surface area contributed by atoms with E-state index in [1.165, 1.54) is 21.0 Å². The van der Waals surface area contributed by atoms with Crippen LogP contribution in [0.15, 0.2) is 66.0 Å². The first-order valence-electron chi connectivity index (χ1n) is 12.3. The highest BCUT2D eigenvalue weighted by Gasteiger charge is 2.34. The van der Waals surface area contributed by atoms with Crippen LogP contribution in [0.3, 0.4) is 0 Å². The van der Waals surface area contributed by atoms with Gasteiger partial charge in [0.1, 0.15) is 12.6 Å². The molecule has 2 atom stereocenters. The normalized spacial score (nSPS) is 15.8. The molecule has 11 heteroatoms. The largest absolute Gasteiger partial charge is 0.376 e. The molecule has 0 spiro atoms. The van der Waals surface area contributed by atoms with Gasteiger partial charge in [-0.25, -0.2) is 0 Å². The fourth-order valence-corrected chi connectivity index (χ4v) is 5.24. The molecule has 4 aromatic rings. The third kappa shape index (κ3) is 6.09. The molecular formula is C27H27ClN6O3S. The van der Waals surface area contributed by atoms with E-state index in [2.05, 4.69) is 20.7 Å². The van der Waals surface area contributed by atoms with Gasteiger partial charge >= 0.3 is 0 Å². The Morgan fingerprint density at radius 2 is 1.97 bits per heavy atom. The number of aromatic nitrogens is 4. The molecule has 1 aliphatic rings. The molecule has 0 radical (unpaired) electrons. The van der Waals surface area contributed by atoms with E-state index in [0.29, 0.717) is 29.7 Å². The summed E-state index contributed by atoms with van der Waals surface area (Å²) in [5.41, 5.74) is 2.37. The maximum absolute atomic E-state index is 13.9. The number of aryl methyl sites for hydroxylation is 1. The van der Waals surface area contributed by atoms with E-state index in [4.69, 9.17) is 16.3 Å². The van der Waals surface area contributed by atoms with Crippen LogP contribution < -0.4 is 10.2 Å². The van der Waals surface area contributed by atoms with Gasteiger partial charge in [0.05, 0.1) is 6.10 Å². The van der Waals surface area contributed by atoms with Crippen molar-refractivity contribution in [2.45, 2.75) is 38.5 Å². The zero-order valence-corrected chi connectivity index (χ0v) is 22.4. The molecule has 38 heavy (non-hydrogen) atoms. The highest BCUT2D eigenvalue weighted by Crippen LogP contribution is 2.31. The summed E-state index contributed by atoms with van der Waals surface area (Å²) in [7, 11) is 0. The van der Waals surface area contributed by atoms with Crippen molar-refractivity contribution in [3.05, 3.63) is 81.5 Å². The van der Waals surface area contributed by atoms with Gasteiger partial charge in [0.2, 0.25) is 11.7 Å². The van der Waals surface area contributed by atoms with Gasteiger partial charge < -0.3 is 10.1 Å². The van der Waals surface area contributed by atoms with Crippen molar-refractivity contribution >= 4 is 40.4 Å². The number of carbonyl (C=O) groups excluding carboxylic acids is 2. The summed E-state index contributed by atoms with van der Waals surface area (Å²) in [5.74, 6) is -0.245. The number of nitrogens with one attached hydrogen (secondary N) is 1. The second kappa shape index (κ2) is 11.8. The monoisotopic (exact) mass is 550 g/mol. The highest BCUT2D eigenvalue weighted by atomic mass is 35.5. The summed E-state index contributed by atoms with van der Waals surface area (Å²) in [5, 5.41) is 18.1. The molecule has 2 aromatic heterocycles. The van der Waals surface area contributed by atoms with Crippen LogP contribution >= 0.6 is 22.9 Å². The number of carbonyl (C=O) groups is 2. The van der Waals surface area contributed by atoms with E-state index < -0.39 is 6.04 Å². The minimum Gasteiger partial charge on any atom is -0.376 e. The topological polar surface area (TPSA) is 102 Å². The molecule has 0 bridgehead atoms. The molecule has 2 amide bonds. The Balaban J connectivity index is 1.43. The summed E-state index contributed by atoms with van der Waals surface area (Å²) >= 11 is 7.40. The average Bonchev–Trinajstić information content (AvgIpc) is 3.71. The Labute approximate surface area is 229 Å². The summed E-state index contributed by atoms with van der Waals surface area (Å²) in [6.45, 7) is 2.87. The Kier molecular flexibility index (Phi) is 8.11. The summed E-state index contributed by atoms with van der Waals surface area (Å²) < 4.78 is 5.68. The number of hydrogen-bond donors (Lipinski definition) is 1. The summed E-state index contributed by atoms with van der Waals surface area (Å²) in [6, 6.07) is 17.4. The average molecular weight is 551 g/mol. The fourth-order valence-electron chi connectivity index (χ4n) is 4.30. The number of rotatable bonds is 9. The number of anilines is 1. The molecule has 1 N–H and O–H groups in total. The molecule has 1 fully saturated rings. The molecule has 2 aromatic carbocycles. The first kappa shape index (κ1) is 26.0. The van der Waals surface area contributed by atoms with Gasteiger partial charge in [-0.3, -0.25) is 14.5 Å². The van der Waals surface area contributed by atoms with Gasteiger partial charge in [0, 0.05) is 34.3 Å². The van der Waals surface area contributed by atoms with Crippen molar-refractivity contribution in [1.29, 1.82) is 0 Å². The molecule has 1 aliphatic heterocycles. The number of tetrazole rings is 1. The third-order valence-electron chi connectivity index (χ3n) is 6.26. The predicted molar refractivity (Wildman–Crippen MR) is 146 cm³/mol. The van der Waals surface area contributed by atoms with Crippen molar-refractivity contribution in [2.75, 3.05) is 18.1 Å². The molecule has 0 saturated carbocycles. The van der Waals surface area contributed by atoms with E-state index in [1.54, 1.807) is 24.3 Å². The SMILES string of the molecule is Cc1ccc(N(C(=O)Cn2nnc(-c3ccc(Cl)cc3)n2)[C@H](C(=O)NC[C@H]2CCCO2)c2cccs2)cc1. The van der Waals surface area contributed by atoms with Crippen LogP contribution in [0.4, 0.5) is 5.69 Å². The van der Waals surface area contributed by atoms with Gasteiger partial charge in [-0.2, -0.15) is 4.80 Å². The molecule has 3 heterocycles. The van der Waals surface area contributed by atoms with Gasteiger partial charge in [0.25, 0.3) is 5.91 Å². The van der Waals surface area contributed by atoms with Gasteiger partial charge in [-0.15, -0.1) is 21.5 Å². The Morgan fingerprint density at radius 3 is 2.66 bits per heavy atom. The van der Waals surface area contributed by atoms with Crippen LogP contribution in [0.5, 0.6) is 0 Å². The number of hydrogen-bond acceptors (Lipinski definition) is 7. The van der Waals surface area contributed by atoms with Crippen LogP contribution in [0, 0.1) is 6.92 Å². The highest BCUT2D eigenvalue weighted by molar-refractivity contribution is 7.10. The Hall–Kier alpha value is -3.60. The lowest BCUT2D eigenvalue weighted by molar-refractivity contribution is -0.127. The van der Waals surface area contributed by atoms with E-state index in [9.17, 15) is 9.59 Å². The van der Waals surface area contributed by atoms with Crippen LogP contribution in [-0.4, -0.2) is 51.3 Å². The zero-order valence-electron chi connectivity index (χ0n) is 20.8. The van der Waals surface area contributed by atoms with Crippen LogP contribution in [0.1, 0.15) is 29.3 Å². The number of halogens is 1. The van der Waals surface area contributed by atoms with E-state index in [-0.39, 0.29) is 24.5 Å². The molecule has 5 rings (SSSR count). The smallest absolute Gasteiger partial charge is 0.251 e. The van der Waals surface area contributed by atoms with Gasteiger partial charge in [-0.1, -0.05) is 35.4 Å². The van der Waals surface area contributed by atoms with E-state index >= 15 is 0 Å². The first-order chi connectivity index (χ1) is 18.5. The summed E-state index contributed by atoms with van der Waals surface area (Å²) in [4.78, 5) is 31.0.